The topological polar surface area (TPSA) is 85.9 Å². The van der Waals surface area contributed by atoms with Crippen molar-refractivity contribution in [1.82, 2.24) is 20.4 Å². The van der Waals surface area contributed by atoms with Crippen molar-refractivity contribution in [3.63, 3.8) is 0 Å². The number of nitrogens with zero attached hydrogens (tertiary/aromatic N) is 2. The van der Waals surface area contributed by atoms with E-state index in [1.54, 1.807) is 0 Å². The molecule has 2 saturated heterocycles. The molecular formula is C25H41N5O3. The summed E-state index contributed by atoms with van der Waals surface area (Å²) < 4.78 is 5.83. The van der Waals surface area contributed by atoms with Gasteiger partial charge in [-0.2, -0.15) is 0 Å². The summed E-state index contributed by atoms with van der Waals surface area (Å²) in [7, 11) is 0. The van der Waals surface area contributed by atoms with E-state index in [1.807, 2.05) is 31.2 Å². The Morgan fingerprint density at radius 3 is 2.61 bits per heavy atom. The minimum atomic E-state index is -0.187. The SMILES string of the molecule is Cc1ccc(NC(=O)NC[C@H]2CCCN(CC(=O)NC[C@H]3CN(CC(C)C)CCO3)C2)cc1. The second-order valence-electron chi connectivity index (χ2n) is 9.89. The van der Waals surface area contributed by atoms with Gasteiger partial charge in [0.05, 0.1) is 19.3 Å². The number of carbonyl (C=O) groups is 2. The van der Waals surface area contributed by atoms with Crippen LogP contribution in [-0.2, 0) is 9.53 Å². The van der Waals surface area contributed by atoms with Crippen LogP contribution in [0.5, 0.6) is 0 Å². The number of likely N-dealkylation sites (tertiary alicyclic amines) is 1. The van der Waals surface area contributed by atoms with Crippen molar-refractivity contribution in [2.45, 2.75) is 39.7 Å². The number of benzene rings is 1. The van der Waals surface area contributed by atoms with Crippen molar-refractivity contribution in [2.24, 2.45) is 11.8 Å². The Morgan fingerprint density at radius 1 is 1.06 bits per heavy atom. The van der Waals surface area contributed by atoms with Crippen molar-refractivity contribution >= 4 is 17.6 Å². The first-order valence-corrected chi connectivity index (χ1v) is 12.3. The first-order valence-electron chi connectivity index (χ1n) is 12.3. The lowest BCUT2D eigenvalue weighted by Gasteiger charge is -2.34. The predicted molar refractivity (Wildman–Crippen MR) is 131 cm³/mol. The molecule has 1 aromatic carbocycles. The molecule has 0 bridgehead atoms. The Hall–Kier alpha value is -2.16. The molecule has 33 heavy (non-hydrogen) atoms. The van der Waals surface area contributed by atoms with E-state index in [9.17, 15) is 9.59 Å². The summed E-state index contributed by atoms with van der Waals surface area (Å²) in [6, 6.07) is 7.56. The van der Waals surface area contributed by atoms with Crippen molar-refractivity contribution < 1.29 is 14.3 Å². The molecule has 3 N–H and O–H groups in total. The van der Waals surface area contributed by atoms with Gasteiger partial charge < -0.3 is 20.7 Å². The van der Waals surface area contributed by atoms with Crippen LogP contribution in [0, 0.1) is 18.8 Å². The van der Waals surface area contributed by atoms with E-state index in [2.05, 4.69) is 39.6 Å². The molecule has 3 amide bonds. The number of amides is 3. The van der Waals surface area contributed by atoms with Gasteiger partial charge in [-0.25, -0.2) is 4.79 Å². The highest BCUT2D eigenvalue weighted by Gasteiger charge is 2.24. The number of ether oxygens (including phenoxy) is 1. The van der Waals surface area contributed by atoms with Crippen LogP contribution in [0.3, 0.4) is 0 Å². The lowest BCUT2D eigenvalue weighted by Crippen LogP contribution is -2.50. The highest BCUT2D eigenvalue weighted by molar-refractivity contribution is 5.89. The zero-order valence-corrected chi connectivity index (χ0v) is 20.4. The zero-order valence-electron chi connectivity index (χ0n) is 20.4. The van der Waals surface area contributed by atoms with E-state index in [1.165, 1.54) is 0 Å². The van der Waals surface area contributed by atoms with Crippen LogP contribution in [0.1, 0.15) is 32.3 Å². The van der Waals surface area contributed by atoms with Gasteiger partial charge in [-0.1, -0.05) is 31.5 Å². The molecule has 0 spiro atoms. The summed E-state index contributed by atoms with van der Waals surface area (Å²) in [6.07, 6.45) is 2.16. The number of aryl methyl sites for hydroxylation is 1. The fourth-order valence-electron chi connectivity index (χ4n) is 4.58. The molecule has 2 fully saturated rings. The van der Waals surface area contributed by atoms with Gasteiger partial charge in [0.15, 0.2) is 0 Å². The molecule has 0 aromatic heterocycles. The lowest BCUT2D eigenvalue weighted by molar-refractivity contribution is -0.123. The first kappa shape index (κ1) is 25.5. The molecule has 0 radical (unpaired) electrons. The number of hydrogen-bond acceptors (Lipinski definition) is 5. The van der Waals surface area contributed by atoms with E-state index >= 15 is 0 Å². The average molecular weight is 460 g/mol. The molecule has 2 aliphatic heterocycles. The molecule has 0 aliphatic carbocycles. The van der Waals surface area contributed by atoms with Crippen molar-refractivity contribution in [3.8, 4) is 0 Å². The molecule has 2 heterocycles. The third-order valence-electron chi connectivity index (χ3n) is 6.20. The average Bonchev–Trinajstić information content (AvgIpc) is 2.78. The van der Waals surface area contributed by atoms with Crippen LogP contribution < -0.4 is 16.0 Å². The quantitative estimate of drug-likeness (QED) is 0.528. The lowest BCUT2D eigenvalue weighted by atomic mass is 9.98. The van der Waals surface area contributed by atoms with Gasteiger partial charge in [0.2, 0.25) is 5.91 Å². The van der Waals surface area contributed by atoms with E-state index in [0.717, 1.165) is 63.4 Å². The summed E-state index contributed by atoms with van der Waals surface area (Å²) in [5, 5.41) is 8.90. The zero-order chi connectivity index (χ0) is 23.6. The van der Waals surface area contributed by atoms with Crippen LogP contribution in [0.2, 0.25) is 0 Å². The summed E-state index contributed by atoms with van der Waals surface area (Å²) in [5.41, 5.74) is 1.95. The van der Waals surface area contributed by atoms with Crippen molar-refractivity contribution in [2.75, 3.05) is 64.3 Å². The predicted octanol–water partition coefficient (Wildman–Crippen LogP) is 2.30. The Balaban J connectivity index is 1.33. The van der Waals surface area contributed by atoms with Crippen molar-refractivity contribution in [3.05, 3.63) is 29.8 Å². The third kappa shape index (κ3) is 9.31. The molecule has 8 nitrogen and oxygen atoms in total. The van der Waals surface area contributed by atoms with Gasteiger partial charge in [0.25, 0.3) is 0 Å². The molecule has 0 saturated carbocycles. The summed E-state index contributed by atoms with van der Waals surface area (Å²) in [4.78, 5) is 29.3. The Morgan fingerprint density at radius 2 is 1.85 bits per heavy atom. The molecular weight excluding hydrogens is 418 g/mol. The van der Waals surface area contributed by atoms with E-state index in [-0.39, 0.29) is 18.0 Å². The number of nitrogens with one attached hydrogen (secondary N) is 3. The number of carbonyl (C=O) groups excluding carboxylic acids is 2. The van der Waals surface area contributed by atoms with Crippen molar-refractivity contribution in [1.29, 1.82) is 0 Å². The highest BCUT2D eigenvalue weighted by atomic mass is 16.5. The highest BCUT2D eigenvalue weighted by Crippen LogP contribution is 2.16. The standard InChI is InChI=1S/C25H41N5O3/c1-19(2)15-30-11-12-33-23(17-30)14-26-24(31)18-29-10-4-5-21(16-29)13-27-25(32)28-22-8-6-20(3)7-9-22/h6-9,19,21,23H,4-5,10-18H2,1-3H3,(H,26,31)(H2,27,28,32)/t21-,23+/m1/s1. The second-order valence-corrected chi connectivity index (χ2v) is 9.89. The molecule has 8 heteroatoms. The maximum atomic E-state index is 12.5. The van der Waals surface area contributed by atoms with Crippen LogP contribution in [0.15, 0.2) is 24.3 Å². The maximum absolute atomic E-state index is 12.5. The Labute approximate surface area is 198 Å². The van der Waals surface area contributed by atoms with Crippen LogP contribution >= 0.6 is 0 Å². The van der Waals surface area contributed by atoms with Gasteiger partial charge in [-0.15, -0.1) is 0 Å². The summed E-state index contributed by atoms with van der Waals surface area (Å²) >= 11 is 0. The molecule has 3 rings (SSSR count). The van der Waals surface area contributed by atoms with Gasteiger partial charge in [0, 0.05) is 45.0 Å². The number of anilines is 1. The number of hydrogen-bond donors (Lipinski definition) is 3. The molecule has 184 valence electrons. The van der Waals surface area contributed by atoms with Crippen LogP contribution in [0.25, 0.3) is 0 Å². The van der Waals surface area contributed by atoms with E-state index in [4.69, 9.17) is 4.74 Å². The molecule has 2 aliphatic rings. The van der Waals surface area contributed by atoms with E-state index in [0.29, 0.717) is 31.5 Å². The number of piperidine rings is 1. The largest absolute Gasteiger partial charge is 0.374 e. The fraction of sp³-hybridized carbons (Fsp3) is 0.680. The maximum Gasteiger partial charge on any atom is 0.319 e. The monoisotopic (exact) mass is 459 g/mol. The van der Waals surface area contributed by atoms with Gasteiger partial charge in [-0.05, 0) is 50.3 Å². The summed E-state index contributed by atoms with van der Waals surface area (Å²) in [5.74, 6) is 1.03. The number of urea groups is 1. The van der Waals surface area contributed by atoms with Gasteiger partial charge in [-0.3, -0.25) is 14.6 Å². The third-order valence-corrected chi connectivity index (χ3v) is 6.20. The molecule has 2 atom stereocenters. The number of rotatable bonds is 9. The van der Waals surface area contributed by atoms with E-state index < -0.39 is 0 Å². The molecule has 0 unspecified atom stereocenters. The first-order chi connectivity index (χ1) is 15.9. The van der Waals surface area contributed by atoms with Gasteiger partial charge >= 0.3 is 6.03 Å². The minimum Gasteiger partial charge on any atom is -0.374 e. The summed E-state index contributed by atoms with van der Waals surface area (Å²) in [6.45, 7) is 13.4. The molecule has 1 aromatic rings. The van der Waals surface area contributed by atoms with Crippen LogP contribution in [-0.4, -0.2) is 86.8 Å². The normalized spacial score (nSPS) is 22.2. The van der Waals surface area contributed by atoms with Crippen LogP contribution in [0.4, 0.5) is 10.5 Å². The second kappa shape index (κ2) is 12.9. The smallest absolute Gasteiger partial charge is 0.319 e. The Bertz CT molecular complexity index is 755. The number of morpholine rings is 1. The Kier molecular flexibility index (Phi) is 9.96. The minimum absolute atomic E-state index is 0.0466. The fourth-order valence-corrected chi connectivity index (χ4v) is 4.58. The van der Waals surface area contributed by atoms with Gasteiger partial charge in [0.1, 0.15) is 0 Å².